The zero-order valence-electron chi connectivity index (χ0n) is 12.1. The van der Waals surface area contributed by atoms with Crippen LogP contribution in [0.25, 0.3) is 0 Å². The Morgan fingerprint density at radius 2 is 2.25 bits per heavy atom. The Morgan fingerprint density at radius 3 is 3.00 bits per heavy atom. The van der Waals surface area contributed by atoms with E-state index < -0.39 is 0 Å². The van der Waals surface area contributed by atoms with Crippen LogP contribution in [0.3, 0.4) is 0 Å². The van der Waals surface area contributed by atoms with E-state index in [4.69, 9.17) is 0 Å². The van der Waals surface area contributed by atoms with Crippen molar-refractivity contribution < 1.29 is 9.18 Å². The minimum absolute atomic E-state index is 0.0104. The number of aryl methyl sites for hydroxylation is 1. The fourth-order valence-electron chi connectivity index (χ4n) is 2.81. The number of carbonyl (C=O) groups is 1. The molecule has 1 amide bonds. The number of hydrogen-bond acceptors (Lipinski definition) is 2. The smallest absolute Gasteiger partial charge is 0.220 e. The van der Waals surface area contributed by atoms with Gasteiger partial charge in [0.25, 0.3) is 0 Å². The number of rotatable bonds is 6. The number of benzene rings is 1. The zero-order valence-corrected chi connectivity index (χ0v) is 12.1. The van der Waals surface area contributed by atoms with E-state index in [0.717, 1.165) is 19.5 Å². The lowest BCUT2D eigenvalue weighted by Crippen LogP contribution is -2.40. The fourth-order valence-corrected chi connectivity index (χ4v) is 2.81. The van der Waals surface area contributed by atoms with Crippen molar-refractivity contribution >= 4 is 5.91 Å². The molecule has 4 heteroatoms. The summed E-state index contributed by atoms with van der Waals surface area (Å²) in [5.74, 6) is -0.218. The van der Waals surface area contributed by atoms with Gasteiger partial charge in [-0.05, 0) is 44.0 Å². The van der Waals surface area contributed by atoms with E-state index in [1.165, 1.54) is 12.5 Å². The number of amides is 1. The van der Waals surface area contributed by atoms with Gasteiger partial charge in [0.1, 0.15) is 5.82 Å². The van der Waals surface area contributed by atoms with Gasteiger partial charge in [0.15, 0.2) is 0 Å². The molecule has 1 aliphatic heterocycles. The van der Waals surface area contributed by atoms with Gasteiger partial charge in [0.05, 0.1) is 0 Å². The Bertz CT molecular complexity index is 450. The number of likely N-dealkylation sites (N-methyl/N-ethyl adjacent to an activating group) is 1. The highest BCUT2D eigenvalue weighted by molar-refractivity contribution is 5.76. The van der Waals surface area contributed by atoms with Crippen LogP contribution in [0.5, 0.6) is 0 Å². The van der Waals surface area contributed by atoms with Crippen molar-refractivity contribution in [2.75, 3.05) is 19.6 Å². The highest BCUT2D eigenvalue weighted by atomic mass is 19.1. The van der Waals surface area contributed by atoms with Crippen LogP contribution < -0.4 is 5.32 Å². The molecule has 1 heterocycles. The Labute approximate surface area is 120 Å². The van der Waals surface area contributed by atoms with Gasteiger partial charge in [-0.25, -0.2) is 4.39 Å². The number of carbonyl (C=O) groups excluding carboxylic acids is 1. The minimum Gasteiger partial charge on any atom is -0.355 e. The van der Waals surface area contributed by atoms with Gasteiger partial charge in [-0.1, -0.05) is 25.1 Å². The van der Waals surface area contributed by atoms with Gasteiger partial charge in [-0.3, -0.25) is 9.69 Å². The molecule has 1 N–H and O–H groups in total. The van der Waals surface area contributed by atoms with Gasteiger partial charge in [-0.15, -0.1) is 0 Å². The quantitative estimate of drug-likeness (QED) is 0.866. The molecule has 1 fully saturated rings. The molecular formula is C16H23FN2O. The molecular weight excluding hydrogens is 255 g/mol. The first kappa shape index (κ1) is 15.0. The molecule has 2 rings (SSSR count). The Balaban J connectivity index is 1.72. The second-order valence-electron chi connectivity index (χ2n) is 5.32. The maximum atomic E-state index is 13.4. The molecule has 0 aromatic heterocycles. The minimum atomic E-state index is -0.228. The third-order valence-electron chi connectivity index (χ3n) is 4.02. The topological polar surface area (TPSA) is 32.3 Å². The van der Waals surface area contributed by atoms with Crippen molar-refractivity contribution in [3.63, 3.8) is 0 Å². The third kappa shape index (κ3) is 4.04. The molecule has 20 heavy (non-hydrogen) atoms. The summed E-state index contributed by atoms with van der Waals surface area (Å²) in [5.41, 5.74) is 0.610. The molecule has 0 radical (unpaired) electrons. The Hall–Kier alpha value is -1.42. The van der Waals surface area contributed by atoms with Crippen molar-refractivity contribution in [3.8, 4) is 0 Å². The van der Waals surface area contributed by atoms with Crippen LogP contribution in [0, 0.1) is 5.82 Å². The predicted molar refractivity (Wildman–Crippen MR) is 78.0 cm³/mol. The van der Waals surface area contributed by atoms with Crippen molar-refractivity contribution in [1.29, 1.82) is 0 Å². The lowest BCUT2D eigenvalue weighted by molar-refractivity contribution is -0.121. The van der Waals surface area contributed by atoms with E-state index in [2.05, 4.69) is 17.1 Å². The normalized spacial score (nSPS) is 19.2. The second-order valence-corrected chi connectivity index (χ2v) is 5.32. The first-order valence-corrected chi connectivity index (χ1v) is 7.45. The van der Waals surface area contributed by atoms with Crippen LogP contribution in [0.15, 0.2) is 24.3 Å². The van der Waals surface area contributed by atoms with Gasteiger partial charge in [0.2, 0.25) is 5.91 Å². The average Bonchev–Trinajstić information content (AvgIpc) is 2.91. The monoisotopic (exact) mass is 278 g/mol. The van der Waals surface area contributed by atoms with Crippen molar-refractivity contribution in [1.82, 2.24) is 10.2 Å². The van der Waals surface area contributed by atoms with E-state index in [0.29, 0.717) is 31.0 Å². The molecule has 1 aliphatic rings. The molecule has 1 saturated heterocycles. The van der Waals surface area contributed by atoms with Crippen LogP contribution in [-0.2, 0) is 11.2 Å². The van der Waals surface area contributed by atoms with Crippen LogP contribution in [0.4, 0.5) is 4.39 Å². The first-order chi connectivity index (χ1) is 9.70. The van der Waals surface area contributed by atoms with Gasteiger partial charge in [-0.2, -0.15) is 0 Å². The Kier molecular flexibility index (Phi) is 5.53. The van der Waals surface area contributed by atoms with Gasteiger partial charge >= 0.3 is 0 Å². The maximum absolute atomic E-state index is 13.4. The molecule has 0 saturated carbocycles. The highest BCUT2D eigenvalue weighted by Gasteiger charge is 2.22. The highest BCUT2D eigenvalue weighted by Crippen LogP contribution is 2.15. The van der Waals surface area contributed by atoms with E-state index in [-0.39, 0.29) is 11.7 Å². The molecule has 1 aromatic rings. The van der Waals surface area contributed by atoms with Crippen molar-refractivity contribution in [2.45, 2.75) is 38.6 Å². The molecule has 0 bridgehead atoms. The lowest BCUT2D eigenvalue weighted by Gasteiger charge is -2.22. The summed E-state index contributed by atoms with van der Waals surface area (Å²) in [4.78, 5) is 14.2. The van der Waals surface area contributed by atoms with Gasteiger partial charge < -0.3 is 5.32 Å². The third-order valence-corrected chi connectivity index (χ3v) is 4.02. The largest absolute Gasteiger partial charge is 0.355 e. The summed E-state index contributed by atoms with van der Waals surface area (Å²) >= 11 is 0. The molecule has 0 aliphatic carbocycles. The molecule has 1 aromatic carbocycles. The summed E-state index contributed by atoms with van der Waals surface area (Å²) in [6, 6.07) is 7.10. The zero-order chi connectivity index (χ0) is 14.4. The number of hydrogen-bond donors (Lipinski definition) is 1. The molecule has 3 nitrogen and oxygen atoms in total. The summed E-state index contributed by atoms with van der Waals surface area (Å²) < 4.78 is 13.4. The SMILES string of the molecule is CCN1CCCC1CNC(=O)CCc1ccccc1F. The second kappa shape index (κ2) is 7.39. The van der Waals surface area contributed by atoms with Crippen LogP contribution in [-0.4, -0.2) is 36.5 Å². The van der Waals surface area contributed by atoms with Crippen molar-refractivity contribution in [2.24, 2.45) is 0 Å². The number of likely N-dealkylation sites (tertiary alicyclic amines) is 1. The standard InChI is InChI=1S/C16H23FN2O/c1-2-19-11-5-7-14(19)12-18-16(20)10-9-13-6-3-4-8-15(13)17/h3-4,6,8,14H,2,5,7,9-12H2,1H3,(H,18,20). The van der Waals surface area contributed by atoms with E-state index >= 15 is 0 Å². The number of halogens is 1. The summed E-state index contributed by atoms with van der Waals surface area (Å²) in [6.45, 7) is 5.03. The predicted octanol–water partition coefficient (Wildman–Crippen LogP) is 2.36. The molecule has 110 valence electrons. The number of nitrogens with one attached hydrogen (secondary N) is 1. The van der Waals surface area contributed by atoms with E-state index in [9.17, 15) is 9.18 Å². The van der Waals surface area contributed by atoms with Gasteiger partial charge in [0, 0.05) is 19.0 Å². The van der Waals surface area contributed by atoms with Crippen LogP contribution in [0.1, 0.15) is 31.7 Å². The van der Waals surface area contributed by atoms with Crippen LogP contribution in [0.2, 0.25) is 0 Å². The summed E-state index contributed by atoms with van der Waals surface area (Å²) in [6.07, 6.45) is 3.17. The van der Waals surface area contributed by atoms with Crippen molar-refractivity contribution in [3.05, 3.63) is 35.6 Å². The summed E-state index contributed by atoms with van der Waals surface area (Å²) in [7, 11) is 0. The first-order valence-electron chi connectivity index (χ1n) is 7.45. The Morgan fingerprint density at radius 1 is 1.45 bits per heavy atom. The van der Waals surface area contributed by atoms with E-state index in [1.54, 1.807) is 18.2 Å². The molecule has 1 atom stereocenters. The molecule has 0 spiro atoms. The number of nitrogens with zero attached hydrogens (tertiary/aromatic N) is 1. The fraction of sp³-hybridized carbons (Fsp3) is 0.562. The maximum Gasteiger partial charge on any atom is 0.220 e. The lowest BCUT2D eigenvalue weighted by atomic mass is 10.1. The van der Waals surface area contributed by atoms with Crippen LogP contribution >= 0.6 is 0 Å². The molecule has 1 unspecified atom stereocenters. The summed E-state index contributed by atoms with van der Waals surface area (Å²) in [5, 5.41) is 2.98. The average molecular weight is 278 g/mol. The van der Waals surface area contributed by atoms with E-state index in [1.807, 2.05) is 0 Å².